The first-order chi connectivity index (χ1) is 19.2. The maximum Gasteiger partial charge on any atom is 0.228 e. The highest BCUT2D eigenvalue weighted by Crippen LogP contribution is 2.64. The second-order valence-electron chi connectivity index (χ2n) is 13.2. The van der Waals surface area contributed by atoms with E-state index in [9.17, 15) is 9.59 Å². The highest BCUT2D eigenvalue weighted by molar-refractivity contribution is 6.30. The van der Waals surface area contributed by atoms with E-state index in [4.69, 9.17) is 11.6 Å². The molecule has 2 N–H and O–H groups in total. The number of carbonyl (C=O) groups is 2. The van der Waals surface area contributed by atoms with Crippen molar-refractivity contribution in [1.82, 2.24) is 5.32 Å². The highest BCUT2D eigenvalue weighted by Gasteiger charge is 2.60. The second kappa shape index (κ2) is 10.4. The van der Waals surface area contributed by atoms with Crippen molar-refractivity contribution in [2.45, 2.75) is 79.1 Å². The molecule has 0 bridgehead atoms. The van der Waals surface area contributed by atoms with Gasteiger partial charge in [0.2, 0.25) is 5.91 Å². The molecule has 4 nitrogen and oxygen atoms in total. The molecule has 2 aromatic carbocycles. The van der Waals surface area contributed by atoms with Crippen LogP contribution in [0.2, 0.25) is 5.02 Å². The lowest BCUT2D eigenvalue weighted by molar-refractivity contribution is -0.127. The van der Waals surface area contributed by atoms with Crippen molar-refractivity contribution in [3.63, 3.8) is 0 Å². The SMILES string of the molecule is CCc1cc(-c2ccc(Cl)cc2)cc(CC)c1NC(=O)C1CC[C@H]2[C@@H]3CNC4=CC(=O)CC[C@]4(C)[C@@H]3CC[C@]12C. The second-order valence-corrected chi connectivity index (χ2v) is 13.7. The number of anilines is 1. The van der Waals surface area contributed by atoms with E-state index in [1.165, 1.54) is 22.4 Å². The fraction of sp³-hybridized carbons (Fsp3) is 0.543. The lowest BCUT2D eigenvalue weighted by Crippen LogP contribution is -2.57. The molecule has 0 spiro atoms. The van der Waals surface area contributed by atoms with Crippen LogP contribution in [-0.2, 0) is 22.4 Å². The first-order valence-corrected chi connectivity index (χ1v) is 15.8. The summed E-state index contributed by atoms with van der Waals surface area (Å²) in [5.41, 5.74) is 6.96. The number of amides is 1. The van der Waals surface area contributed by atoms with Crippen LogP contribution in [-0.4, -0.2) is 18.2 Å². The van der Waals surface area contributed by atoms with Crippen molar-refractivity contribution >= 4 is 29.0 Å². The van der Waals surface area contributed by atoms with E-state index in [2.05, 4.69) is 62.6 Å². The highest BCUT2D eigenvalue weighted by atomic mass is 35.5. The third kappa shape index (κ3) is 4.42. The molecule has 1 saturated heterocycles. The van der Waals surface area contributed by atoms with Gasteiger partial charge in [0.25, 0.3) is 0 Å². The largest absolute Gasteiger partial charge is 0.387 e. The topological polar surface area (TPSA) is 58.2 Å². The summed E-state index contributed by atoms with van der Waals surface area (Å²) in [4.78, 5) is 26.3. The third-order valence-corrected chi connectivity index (χ3v) is 11.7. The number of hydrogen-bond acceptors (Lipinski definition) is 3. The number of halogens is 1. The minimum Gasteiger partial charge on any atom is -0.387 e. The number of carbonyl (C=O) groups excluding carboxylic acids is 2. The van der Waals surface area contributed by atoms with Gasteiger partial charge in [-0.2, -0.15) is 0 Å². The molecule has 212 valence electrons. The van der Waals surface area contributed by atoms with E-state index in [1.807, 2.05) is 18.2 Å². The first kappa shape index (κ1) is 27.6. The smallest absolute Gasteiger partial charge is 0.228 e. The molecule has 5 heteroatoms. The Morgan fingerprint density at radius 3 is 2.35 bits per heavy atom. The number of aryl methyl sites for hydroxylation is 2. The van der Waals surface area contributed by atoms with Gasteiger partial charge in [0, 0.05) is 46.8 Å². The predicted octanol–water partition coefficient (Wildman–Crippen LogP) is 7.99. The van der Waals surface area contributed by atoms with Gasteiger partial charge in [0.05, 0.1) is 0 Å². The molecule has 1 heterocycles. The van der Waals surface area contributed by atoms with Crippen LogP contribution in [0.1, 0.15) is 77.3 Å². The van der Waals surface area contributed by atoms with Crippen LogP contribution in [0.5, 0.6) is 0 Å². The quantitative estimate of drug-likeness (QED) is 0.391. The molecule has 1 unspecified atom stereocenters. The molecule has 6 rings (SSSR count). The van der Waals surface area contributed by atoms with Gasteiger partial charge in [-0.3, -0.25) is 9.59 Å². The van der Waals surface area contributed by atoms with Crippen LogP contribution in [0.15, 0.2) is 48.2 Å². The molecule has 1 amide bonds. The summed E-state index contributed by atoms with van der Waals surface area (Å²) < 4.78 is 0. The van der Waals surface area contributed by atoms with Gasteiger partial charge in [0.1, 0.15) is 0 Å². The maximum absolute atomic E-state index is 14.1. The zero-order chi connectivity index (χ0) is 28.2. The maximum atomic E-state index is 14.1. The summed E-state index contributed by atoms with van der Waals surface area (Å²) in [5, 5.41) is 7.90. The Balaban J connectivity index is 1.25. The Morgan fingerprint density at radius 1 is 0.975 bits per heavy atom. The summed E-state index contributed by atoms with van der Waals surface area (Å²) >= 11 is 6.14. The summed E-state index contributed by atoms with van der Waals surface area (Å²) in [6.45, 7) is 10.0. The fourth-order valence-corrected chi connectivity index (χ4v) is 9.21. The average Bonchev–Trinajstić information content (AvgIpc) is 3.31. The number of nitrogens with one attached hydrogen (secondary N) is 2. The molecular formula is C35H43ClN2O2. The van der Waals surface area contributed by atoms with Gasteiger partial charge in [-0.25, -0.2) is 0 Å². The molecule has 1 aliphatic heterocycles. The number of piperidine rings is 1. The van der Waals surface area contributed by atoms with E-state index in [-0.39, 0.29) is 28.4 Å². The van der Waals surface area contributed by atoms with Gasteiger partial charge in [-0.1, -0.05) is 51.4 Å². The molecule has 0 aromatic heterocycles. The van der Waals surface area contributed by atoms with Crippen molar-refractivity contribution in [1.29, 1.82) is 0 Å². The van der Waals surface area contributed by atoms with E-state index in [1.54, 1.807) is 0 Å². The molecule has 2 aromatic rings. The van der Waals surface area contributed by atoms with Crippen LogP contribution in [0.4, 0.5) is 5.69 Å². The molecule has 3 aliphatic carbocycles. The lowest BCUT2D eigenvalue weighted by atomic mass is 9.50. The van der Waals surface area contributed by atoms with E-state index in [0.29, 0.717) is 24.2 Å². The molecule has 6 atom stereocenters. The standard InChI is InChI=1S/C35H43ClN2O2/c1-5-21-17-24(23-7-9-25(36)10-8-23)18-22(6-2)32(21)38-33(40)30-12-11-28-27-20-37-31-19-26(39)13-15-35(31,4)29(27)14-16-34(28,30)3/h7-10,17-19,27-30,37H,5-6,11-16,20H2,1-4H3,(H,38,40)/t27-,28-,29+,30?,34-,35+/m0/s1. The van der Waals surface area contributed by atoms with Crippen LogP contribution in [0.25, 0.3) is 11.1 Å². The normalized spacial score (nSPS) is 32.8. The number of ketones is 1. The summed E-state index contributed by atoms with van der Waals surface area (Å²) in [6, 6.07) is 12.5. The van der Waals surface area contributed by atoms with Gasteiger partial charge in [-0.05, 0) is 115 Å². The molecule has 40 heavy (non-hydrogen) atoms. The number of rotatable bonds is 5. The first-order valence-electron chi connectivity index (χ1n) is 15.4. The monoisotopic (exact) mass is 558 g/mol. The fourth-order valence-electron chi connectivity index (χ4n) is 9.08. The minimum atomic E-state index is 0.0109. The van der Waals surface area contributed by atoms with Crippen molar-refractivity contribution in [3.8, 4) is 11.1 Å². The van der Waals surface area contributed by atoms with E-state index in [0.717, 1.165) is 67.8 Å². The van der Waals surface area contributed by atoms with Crippen LogP contribution < -0.4 is 10.6 Å². The summed E-state index contributed by atoms with van der Waals surface area (Å²) in [6.07, 6.45) is 9.52. The zero-order valence-electron chi connectivity index (χ0n) is 24.4. The lowest BCUT2D eigenvalue weighted by Gasteiger charge is -2.58. The van der Waals surface area contributed by atoms with Gasteiger partial charge in [-0.15, -0.1) is 0 Å². The van der Waals surface area contributed by atoms with Gasteiger partial charge < -0.3 is 10.6 Å². The van der Waals surface area contributed by atoms with Crippen LogP contribution in [0, 0.1) is 34.5 Å². The van der Waals surface area contributed by atoms with Crippen LogP contribution >= 0.6 is 11.6 Å². The molecule has 2 saturated carbocycles. The molecular weight excluding hydrogens is 516 g/mol. The van der Waals surface area contributed by atoms with Crippen molar-refractivity contribution < 1.29 is 9.59 Å². The Morgan fingerprint density at radius 2 is 1.68 bits per heavy atom. The van der Waals surface area contributed by atoms with Crippen molar-refractivity contribution in [2.75, 3.05) is 11.9 Å². The number of hydrogen-bond donors (Lipinski definition) is 2. The Kier molecular flexibility index (Phi) is 7.14. The Hall–Kier alpha value is -2.59. The molecule has 3 fully saturated rings. The number of benzene rings is 2. The van der Waals surface area contributed by atoms with Crippen molar-refractivity contribution in [3.05, 3.63) is 64.3 Å². The number of allylic oxidation sites excluding steroid dienone is 2. The van der Waals surface area contributed by atoms with Crippen LogP contribution in [0.3, 0.4) is 0 Å². The van der Waals surface area contributed by atoms with E-state index >= 15 is 0 Å². The number of fused-ring (bicyclic) bond motifs is 5. The van der Waals surface area contributed by atoms with Gasteiger partial charge >= 0.3 is 0 Å². The third-order valence-electron chi connectivity index (χ3n) is 11.4. The van der Waals surface area contributed by atoms with E-state index < -0.39 is 0 Å². The Labute approximate surface area is 244 Å². The summed E-state index contributed by atoms with van der Waals surface area (Å²) in [7, 11) is 0. The molecule has 4 aliphatic rings. The predicted molar refractivity (Wildman–Crippen MR) is 163 cm³/mol. The summed E-state index contributed by atoms with van der Waals surface area (Å²) in [5.74, 6) is 2.17. The van der Waals surface area contributed by atoms with Gasteiger partial charge in [0.15, 0.2) is 5.78 Å². The van der Waals surface area contributed by atoms with Crippen molar-refractivity contribution in [2.24, 2.45) is 34.5 Å². The minimum absolute atomic E-state index is 0.0109. The average molecular weight is 559 g/mol. The Bertz CT molecular complexity index is 1340. The molecule has 0 radical (unpaired) electrons. The zero-order valence-corrected chi connectivity index (χ0v) is 25.2.